The Morgan fingerprint density at radius 2 is 1.62 bits per heavy atom. The molecule has 1 fully saturated rings. The third-order valence-electron chi connectivity index (χ3n) is 6.28. The highest BCUT2D eigenvalue weighted by Gasteiger charge is 2.24. The summed E-state index contributed by atoms with van der Waals surface area (Å²) < 4.78 is 1.55. The number of nitro benzene ring substituents is 2. The van der Waals surface area contributed by atoms with Crippen LogP contribution in [0.4, 0.5) is 22.7 Å². The molecule has 2 heterocycles. The number of anilines is 2. The Hall–Kier alpha value is -4.78. The lowest BCUT2D eigenvalue weighted by atomic mass is 10.1. The van der Waals surface area contributed by atoms with Crippen LogP contribution in [0.2, 0.25) is 0 Å². The molecule has 0 N–H and O–H groups in total. The lowest BCUT2D eigenvalue weighted by Gasteiger charge is -2.37. The summed E-state index contributed by atoms with van der Waals surface area (Å²) in [6.45, 7) is 2.42. The van der Waals surface area contributed by atoms with Gasteiger partial charge in [0.25, 0.3) is 11.4 Å². The molecule has 39 heavy (non-hydrogen) atoms. The van der Waals surface area contributed by atoms with Gasteiger partial charge in [-0.3, -0.25) is 20.2 Å². The zero-order valence-electron chi connectivity index (χ0n) is 20.7. The third-order valence-corrected chi connectivity index (χ3v) is 7.29. The van der Waals surface area contributed by atoms with Crippen LogP contribution in [0.25, 0.3) is 0 Å². The molecular formula is C26H24N8O4S. The molecule has 0 atom stereocenters. The van der Waals surface area contributed by atoms with E-state index in [0.29, 0.717) is 48.3 Å². The van der Waals surface area contributed by atoms with Gasteiger partial charge in [0.05, 0.1) is 16.1 Å². The zero-order valence-corrected chi connectivity index (χ0v) is 21.6. The fourth-order valence-electron chi connectivity index (χ4n) is 4.27. The number of thioether (sulfide) groups is 1. The summed E-state index contributed by atoms with van der Waals surface area (Å²) >= 11 is 1.50. The third kappa shape index (κ3) is 6.21. The van der Waals surface area contributed by atoms with E-state index in [9.17, 15) is 20.2 Å². The highest BCUT2D eigenvalue weighted by molar-refractivity contribution is 7.98. The molecule has 0 bridgehead atoms. The number of nitrogens with zero attached hydrogens (tertiary/aromatic N) is 8. The predicted molar refractivity (Wildman–Crippen MR) is 150 cm³/mol. The molecule has 1 saturated heterocycles. The van der Waals surface area contributed by atoms with Gasteiger partial charge in [0.2, 0.25) is 5.16 Å². The van der Waals surface area contributed by atoms with E-state index in [0.717, 1.165) is 11.3 Å². The number of hydrogen-bond acceptors (Lipinski definition) is 10. The van der Waals surface area contributed by atoms with E-state index in [1.54, 1.807) is 35.2 Å². The number of aromatic nitrogens is 3. The second-order valence-corrected chi connectivity index (χ2v) is 9.67. The van der Waals surface area contributed by atoms with Crippen molar-refractivity contribution in [2.45, 2.75) is 10.9 Å². The second-order valence-electron chi connectivity index (χ2n) is 8.73. The summed E-state index contributed by atoms with van der Waals surface area (Å²) in [7, 11) is 0. The average molecular weight is 545 g/mol. The number of hydrogen-bond donors (Lipinski definition) is 0. The molecule has 0 spiro atoms. The average Bonchev–Trinajstić information content (AvgIpc) is 3.43. The van der Waals surface area contributed by atoms with Gasteiger partial charge in [-0.05, 0) is 23.8 Å². The standard InChI is InChI=1S/C26H24N8O4S/c35-33(36)23-9-7-22(8-10-23)30-12-14-31(15-13-30)24-11-6-21(16-25(24)34(37)38)17-28-32-19-27-29-26(32)39-18-20-4-2-1-3-5-20/h1-11,16-17,19H,12-15,18H2/b28-17-. The van der Waals surface area contributed by atoms with Crippen molar-refractivity contribution < 1.29 is 9.85 Å². The van der Waals surface area contributed by atoms with Gasteiger partial charge in [0.1, 0.15) is 12.0 Å². The van der Waals surface area contributed by atoms with Crippen LogP contribution < -0.4 is 9.80 Å². The molecule has 4 aromatic rings. The monoisotopic (exact) mass is 544 g/mol. The number of piperazine rings is 1. The maximum absolute atomic E-state index is 11.9. The molecule has 5 rings (SSSR count). The first-order chi connectivity index (χ1) is 19.0. The van der Waals surface area contributed by atoms with Gasteiger partial charge in [-0.2, -0.15) is 9.78 Å². The minimum Gasteiger partial charge on any atom is -0.368 e. The van der Waals surface area contributed by atoms with Gasteiger partial charge >= 0.3 is 0 Å². The lowest BCUT2D eigenvalue weighted by Crippen LogP contribution is -2.46. The number of nitro groups is 2. The SMILES string of the molecule is O=[N+]([O-])c1ccc(N2CCN(c3ccc(/C=N\n4cnnc4SCc4ccccc4)cc3[N+](=O)[O-])CC2)cc1. The summed E-state index contributed by atoms with van der Waals surface area (Å²) in [6, 6.07) is 21.5. The normalized spacial score (nSPS) is 13.6. The van der Waals surface area contributed by atoms with Gasteiger partial charge in [-0.25, -0.2) is 0 Å². The molecule has 0 unspecified atom stereocenters. The largest absolute Gasteiger partial charge is 0.368 e. The smallest absolute Gasteiger partial charge is 0.293 e. The Morgan fingerprint density at radius 3 is 2.31 bits per heavy atom. The molecule has 13 heteroatoms. The maximum atomic E-state index is 11.9. The van der Waals surface area contributed by atoms with Crippen molar-refractivity contribution in [2.75, 3.05) is 36.0 Å². The van der Waals surface area contributed by atoms with E-state index in [1.165, 1.54) is 36.3 Å². The van der Waals surface area contributed by atoms with E-state index in [1.807, 2.05) is 35.2 Å². The molecule has 0 radical (unpaired) electrons. The summed E-state index contributed by atoms with van der Waals surface area (Å²) in [5.74, 6) is 0.715. The maximum Gasteiger partial charge on any atom is 0.293 e. The predicted octanol–water partition coefficient (Wildman–Crippen LogP) is 4.60. The molecule has 12 nitrogen and oxygen atoms in total. The van der Waals surface area contributed by atoms with Crippen LogP contribution >= 0.6 is 11.8 Å². The van der Waals surface area contributed by atoms with E-state index in [-0.39, 0.29) is 16.3 Å². The van der Waals surface area contributed by atoms with Crippen molar-refractivity contribution in [1.29, 1.82) is 0 Å². The van der Waals surface area contributed by atoms with Crippen molar-refractivity contribution in [3.8, 4) is 0 Å². The minimum atomic E-state index is -0.425. The molecule has 1 aliphatic rings. The fourth-order valence-corrected chi connectivity index (χ4v) is 5.09. The van der Waals surface area contributed by atoms with Gasteiger partial charge in [-0.15, -0.1) is 10.2 Å². The minimum absolute atomic E-state index is 0.00479. The second kappa shape index (κ2) is 11.7. The quantitative estimate of drug-likeness (QED) is 0.128. The van der Waals surface area contributed by atoms with Crippen molar-refractivity contribution in [3.63, 3.8) is 0 Å². The first kappa shape index (κ1) is 25.9. The van der Waals surface area contributed by atoms with Gasteiger partial charge < -0.3 is 9.80 Å². The Labute approximate surface area is 227 Å². The molecular weight excluding hydrogens is 520 g/mol. The van der Waals surface area contributed by atoms with Crippen LogP contribution in [0.3, 0.4) is 0 Å². The van der Waals surface area contributed by atoms with Gasteiger partial charge in [0.15, 0.2) is 0 Å². The van der Waals surface area contributed by atoms with Crippen LogP contribution in [-0.4, -0.2) is 57.1 Å². The van der Waals surface area contributed by atoms with Crippen LogP contribution in [0, 0.1) is 20.2 Å². The number of non-ortho nitro benzene ring substituents is 1. The summed E-state index contributed by atoms with van der Waals surface area (Å²) in [5, 5.41) is 35.9. The van der Waals surface area contributed by atoms with E-state index < -0.39 is 4.92 Å². The lowest BCUT2D eigenvalue weighted by molar-refractivity contribution is -0.384. The highest BCUT2D eigenvalue weighted by atomic mass is 32.2. The van der Waals surface area contributed by atoms with Gasteiger partial charge in [0, 0.05) is 61.4 Å². The van der Waals surface area contributed by atoms with Gasteiger partial charge in [-0.1, -0.05) is 48.2 Å². The molecule has 0 saturated carbocycles. The molecule has 0 aliphatic carbocycles. The Morgan fingerprint density at radius 1 is 0.897 bits per heavy atom. The molecule has 198 valence electrons. The topological polar surface area (TPSA) is 136 Å². The fraction of sp³-hybridized carbons (Fsp3) is 0.192. The van der Waals surface area contributed by atoms with Crippen LogP contribution in [0.5, 0.6) is 0 Å². The number of rotatable bonds is 9. The number of benzene rings is 3. The van der Waals surface area contributed by atoms with E-state index in [2.05, 4.69) is 20.2 Å². The van der Waals surface area contributed by atoms with Crippen LogP contribution in [0.15, 0.2) is 89.4 Å². The Bertz CT molecular complexity index is 1490. The first-order valence-corrected chi connectivity index (χ1v) is 13.1. The Kier molecular flexibility index (Phi) is 7.78. The molecule has 3 aromatic carbocycles. The van der Waals surface area contributed by atoms with Crippen molar-refractivity contribution in [2.24, 2.45) is 5.10 Å². The van der Waals surface area contributed by atoms with E-state index in [4.69, 9.17) is 0 Å². The zero-order chi connectivity index (χ0) is 27.2. The van der Waals surface area contributed by atoms with Crippen molar-refractivity contribution in [1.82, 2.24) is 14.9 Å². The Balaban J connectivity index is 1.25. The summed E-state index contributed by atoms with van der Waals surface area (Å²) in [4.78, 5) is 26.1. The van der Waals surface area contributed by atoms with Crippen LogP contribution in [0.1, 0.15) is 11.1 Å². The summed E-state index contributed by atoms with van der Waals surface area (Å²) in [5.41, 5.74) is 3.22. The molecule has 1 aliphatic heterocycles. The van der Waals surface area contributed by atoms with Crippen molar-refractivity contribution >= 4 is 40.7 Å². The molecule has 1 aromatic heterocycles. The first-order valence-electron chi connectivity index (χ1n) is 12.1. The van der Waals surface area contributed by atoms with Crippen molar-refractivity contribution in [3.05, 3.63) is 110 Å². The highest BCUT2D eigenvalue weighted by Crippen LogP contribution is 2.31. The van der Waals surface area contributed by atoms with E-state index >= 15 is 0 Å². The molecule has 0 amide bonds. The summed E-state index contributed by atoms with van der Waals surface area (Å²) in [6.07, 6.45) is 3.05. The van der Waals surface area contributed by atoms with Crippen LogP contribution in [-0.2, 0) is 5.75 Å².